The van der Waals surface area contributed by atoms with Crippen molar-refractivity contribution in [3.8, 4) is 22.6 Å². The fourth-order valence-corrected chi connectivity index (χ4v) is 5.58. The fraction of sp³-hybridized carbons (Fsp3) is 0.0857. The van der Waals surface area contributed by atoms with Gasteiger partial charge in [-0.2, -0.15) is 0 Å². The molecule has 180 valence electrons. The molecule has 0 unspecified atom stereocenters. The third-order valence-corrected chi connectivity index (χ3v) is 7.38. The van der Waals surface area contributed by atoms with Gasteiger partial charge in [-0.15, -0.1) is 0 Å². The zero-order valence-electron chi connectivity index (χ0n) is 20.9. The Morgan fingerprint density at radius 3 is 1.65 bits per heavy atom. The van der Waals surface area contributed by atoms with Crippen LogP contribution in [-0.4, -0.2) is 7.11 Å². The van der Waals surface area contributed by atoms with Crippen LogP contribution < -0.4 is 9.47 Å². The molecule has 0 amide bonds. The number of hydrogen-bond acceptors (Lipinski definition) is 2. The Balaban J connectivity index is 1.43. The second kappa shape index (κ2) is 9.48. The van der Waals surface area contributed by atoms with Gasteiger partial charge in [0.25, 0.3) is 0 Å². The van der Waals surface area contributed by atoms with E-state index in [2.05, 4.69) is 128 Å². The molecule has 0 aliphatic heterocycles. The molecule has 0 aromatic heterocycles. The smallest absolute Gasteiger partial charge is 0.119 e. The third kappa shape index (κ3) is 3.82. The van der Waals surface area contributed by atoms with Crippen molar-refractivity contribution in [2.75, 3.05) is 7.11 Å². The summed E-state index contributed by atoms with van der Waals surface area (Å²) < 4.78 is 11.6. The zero-order valence-corrected chi connectivity index (χ0v) is 20.9. The van der Waals surface area contributed by atoms with Gasteiger partial charge in [0.2, 0.25) is 0 Å². The van der Waals surface area contributed by atoms with E-state index in [4.69, 9.17) is 9.47 Å². The van der Waals surface area contributed by atoms with Gasteiger partial charge in [-0.05, 0) is 68.8 Å². The van der Waals surface area contributed by atoms with Gasteiger partial charge in [0.1, 0.15) is 18.1 Å². The van der Waals surface area contributed by atoms with Gasteiger partial charge >= 0.3 is 0 Å². The molecule has 0 heterocycles. The predicted molar refractivity (Wildman–Crippen MR) is 151 cm³/mol. The van der Waals surface area contributed by atoms with E-state index in [0.717, 1.165) is 22.6 Å². The number of hydrogen-bond donors (Lipinski definition) is 0. The molecule has 0 atom stereocenters. The van der Waals surface area contributed by atoms with Crippen LogP contribution in [0.1, 0.15) is 33.4 Å². The van der Waals surface area contributed by atoms with E-state index in [-0.39, 0.29) is 0 Å². The van der Waals surface area contributed by atoms with Crippen LogP contribution in [0.15, 0.2) is 128 Å². The molecule has 0 fully saturated rings. The van der Waals surface area contributed by atoms with Gasteiger partial charge in [0.05, 0.1) is 12.5 Å². The quantitative estimate of drug-likeness (QED) is 0.229. The Hall–Kier alpha value is -4.56. The highest BCUT2D eigenvalue weighted by molar-refractivity contribution is 5.86. The molecule has 1 aliphatic carbocycles. The summed E-state index contributed by atoms with van der Waals surface area (Å²) in [7, 11) is 1.71. The summed E-state index contributed by atoms with van der Waals surface area (Å²) in [6.07, 6.45) is 1.85. The monoisotopic (exact) mass is 480 g/mol. The van der Waals surface area contributed by atoms with Crippen LogP contribution in [0.25, 0.3) is 17.2 Å². The highest BCUT2D eigenvalue weighted by atomic mass is 16.5. The predicted octanol–water partition coefficient (Wildman–Crippen LogP) is 8.28. The molecule has 0 bridgehead atoms. The van der Waals surface area contributed by atoms with Crippen molar-refractivity contribution in [1.82, 2.24) is 0 Å². The van der Waals surface area contributed by atoms with Crippen molar-refractivity contribution in [3.63, 3.8) is 0 Å². The molecule has 2 nitrogen and oxygen atoms in total. The third-order valence-electron chi connectivity index (χ3n) is 7.38. The maximum atomic E-state index is 6.15. The van der Waals surface area contributed by atoms with E-state index in [1.54, 1.807) is 7.11 Å². The first-order valence-electron chi connectivity index (χ1n) is 12.5. The lowest BCUT2D eigenvalue weighted by molar-refractivity contribution is 0.306. The molecule has 5 aromatic rings. The maximum absolute atomic E-state index is 6.15. The molecule has 1 aliphatic rings. The Kier molecular flexibility index (Phi) is 5.86. The van der Waals surface area contributed by atoms with E-state index in [1.807, 2.05) is 6.08 Å². The Labute approximate surface area is 218 Å². The van der Waals surface area contributed by atoms with Crippen molar-refractivity contribution in [3.05, 3.63) is 161 Å². The number of fused-ring (bicyclic) bond motifs is 3. The minimum atomic E-state index is -0.432. The molecule has 0 spiro atoms. The van der Waals surface area contributed by atoms with Crippen LogP contribution in [0.3, 0.4) is 0 Å². The molecule has 2 heteroatoms. The summed E-state index contributed by atoms with van der Waals surface area (Å²) >= 11 is 0. The minimum absolute atomic E-state index is 0.432. The molecule has 0 N–H and O–H groups in total. The van der Waals surface area contributed by atoms with E-state index in [9.17, 15) is 0 Å². The van der Waals surface area contributed by atoms with Crippen molar-refractivity contribution < 1.29 is 9.47 Å². The standard InChI is InChI=1S/C35H28O2/c1-3-25-12-14-26(15-13-25)24-37-30-22-18-28(19-23-30)35(27-16-20-29(36-2)21-17-27)33-10-6-4-8-31(33)32-9-5-7-11-34(32)35/h3-23H,1,24H2,2H3. The van der Waals surface area contributed by atoms with Crippen LogP contribution in [0, 0.1) is 0 Å². The van der Waals surface area contributed by atoms with Crippen molar-refractivity contribution >= 4 is 6.08 Å². The summed E-state index contributed by atoms with van der Waals surface area (Å²) in [5.41, 5.74) is 9.35. The van der Waals surface area contributed by atoms with E-state index < -0.39 is 5.41 Å². The normalized spacial score (nSPS) is 12.9. The van der Waals surface area contributed by atoms with Crippen LogP contribution in [0.5, 0.6) is 11.5 Å². The highest BCUT2D eigenvalue weighted by Gasteiger charge is 2.45. The van der Waals surface area contributed by atoms with E-state index in [1.165, 1.54) is 33.4 Å². The first-order valence-corrected chi connectivity index (χ1v) is 12.5. The molecule has 5 aromatic carbocycles. The van der Waals surface area contributed by atoms with Gasteiger partial charge in [-0.3, -0.25) is 0 Å². The average molecular weight is 481 g/mol. The number of rotatable bonds is 7. The largest absolute Gasteiger partial charge is 0.497 e. The lowest BCUT2D eigenvalue weighted by atomic mass is 9.68. The molecular formula is C35H28O2. The Morgan fingerprint density at radius 1 is 0.622 bits per heavy atom. The lowest BCUT2D eigenvalue weighted by Gasteiger charge is -2.34. The van der Waals surface area contributed by atoms with Crippen LogP contribution in [0.2, 0.25) is 0 Å². The Morgan fingerprint density at radius 2 is 1.14 bits per heavy atom. The molecular weight excluding hydrogens is 452 g/mol. The zero-order chi connectivity index (χ0) is 25.2. The van der Waals surface area contributed by atoms with E-state index in [0.29, 0.717) is 6.61 Å². The summed E-state index contributed by atoms with van der Waals surface area (Å²) in [6, 6.07) is 42.8. The van der Waals surface area contributed by atoms with Gasteiger partial charge in [0.15, 0.2) is 0 Å². The molecule has 37 heavy (non-hydrogen) atoms. The van der Waals surface area contributed by atoms with Crippen LogP contribution >= 0.6 is 0 Å². The minimum Gasteiger partial charge on any atom is -0.497 e. The van der Waals surface area contributed by atoms with Crippen LogP contribution in [0.4, 0.5) is 0 Å². The second-order valence-corrected chi connectivity index (χ2v) is 9.33. The van der Waals surface area contributed by atoms with Gasteiger partial charge in [-0.25, -0.2) is 0 Å². The summed E-state index contributed by atoms with van der Waals surface area (Å²) in [6.45, 7) is 4.34. The van der Waals surface area contributed by atoms with Crippen molar-refractivity contribution in [2.45, 2.75) is 12.0 Å². The maximum Gasteiger partial charge on any atom is 0.119 e. The molecule has 6 rings (SSSR count). The first-order chi connectivity index (χ1) is 18.2. The van der Waals surface area contributed by atoms with Gasteiger partial charge in [-0.1, -0.05) is 110 Å². The SMILES string of the molecule is C=Cc1ccc(COc2ccc(C3(c4ccc(OC)cc4)c4ccccc4-c4ccccc43)cc2)cc1. The lowest BCUT2D eigenvalue weighted by Crippen LogP contribution is -2.28. The van der Waals surface area contributed by atoms with Crippen molar-refractivity contribution in [1.29, 1.82) is 0 Å². The van der Waals surface area contributed by atoms with E-state index >= 15 is 0 Å². The topological polar surface area (TPSA) is 18.5 Å². The fourth-order valence-electron chi connectivity index (χ4n) is 5.58. The average Bonchev–Trinajstić information content (AvgIpc) is 3.28. The number of benzene rings is 5. The van der Waals surface area contributed by atoms with Gasteiger partial charge in [0, 0.05) is 0 Å². The van der Waals surface area contributed by atoms with Gasteiger partial charge < -0.3 is 9.47 Å². The summed E-state index contributed by atoms with van der Waals surface area (Å²) in [5.74, 6) is 1.70. The van der Waals surface area contributed by atoms with Crippen LogP contribution in [-0.2, 0) is 12.0 Å². The van der Waals surface area contributed by atoms with Crippen molar-refractivity contribution in [2.24, 2.45) is 0 Å². The number of methoxy groups -OCH3 is 1. The molecule has 0 radical (unpaired) electrons. The first kappa shape index (κ1) is 22.9. The summed E-state index contributed by atoms with van der Waals surface area (Å²) in [4.78, 5) is 0. The molecule has 0 saturated carbocycles. The summed E-state index contributed by atoms with van der Waals surface area (Å²) in [5, 5.41) is 0. The number of ether oxygens (including phenoxy) is 2. The second-order valence-electron chi connectivity index (χ2n) is 9.33. The highest BCUT2D eigenvalue weighted by Crippen LogP contribution is 2.56. The molecule has 0 saturated heterocycles. The Bertz CT molecular complexity index is 1500.